The highest BCUT2D eigenvalue weighted by atomic mass is 31.2. The Balaban J connectivity index is 4.99. The third-order valence-corrected chi connectivity index (χ3v) is 18.7. The highest BCUT2D eigenvalue weighted by Gasteiger charge is 2.30. The van der Waals surface area contributed by atoms with Crippen LogP contribution in [-0.2, 0) is 27.9 Å². The standard InChI is InChI=1S/C75H149N2O7P/c1-7-10-13-16-19-22-25-28-30-32-34-36-38-40-42-44-46-49-52-55-58-61-64-67-74(78)76-72(71-83-85(80,81)82-70-69-77(4,5)6)73(66-63-60-57-54-51-48-27-24-21-18-15-12-9-3)84-75(79)68-65-62-59-56-53-50-47-45-43-41-39-37-35-33-31-29-26-23-20-17-14-11-8-2/h63,66,72-73H,7-62,64-65,67-71H2,1-6H3,(H-,76,78,80,81)/p+1/b66-63+. The topological polar surface area (TPSA) is 111 Å². The Morgan fingerprint density at radius 3 is 0.965 bits per heavy atom. The lowest BCUT2D eigenvalue weighted by molar-refractivity contribution is -0.870. The molecule has 0 aromatic heterocycles. The van der Waals surface area contributed by atoms with Crippen molar-refractivity contribution in [3.05, 3.63) is 12.2 Å². The second-order valence-corrected chi connectivity index (χ2v) is 29.0. The van der Waals surface area contributed by atoms with Gasteiger partial charge >= 0.3 is 13.8 Å². The van der Waals surface area contributed by atoms with Gasteiger partial charge in [-0.2, -0.15) is 0 Å². The molecule has 2 N–H and O–H groups in total. The highest BCUT2D eigenvalue weighted by molar-refractivity contribution is 7.47. The zero-order valence-corrected chi connectivity index (χ0v) is 59.0. The number of phosphoric ester groups is 1. The van der Waals surface area contributed by atoms with E-state index < -0.39 is 20.0 Å². The summed E-state index contributed by atoms with van der Waals surface area (Å²) in [7, 11) is 1.53. The van der Waals surface area contributed by atoms with Gasteiger partial charge in [0.25, 0.3) is 0 Å². The summed E-state index contributed by atoms with van der Waals surface area (Å²) in [4.78, 5) is 38.0. The molecule has 0 rings (SSSR count). The van der Waals surface area contributed by atoms with Crippen molar-refractivity contribution in [1.29, 1.82) is 0 Å². The van der Waals surface area contributed by atoms with Gasteiger partial charge in [-0.3, -0.25) is 18.6 Å². The van der Waals surface area contributed by atoms with E-state index in [2.05, 4.69) is 32.2 Å². The van der Waals surface area contributed by atoms with E-state index in [1.54, 1.807) is 0 Å². The Kier molecular flexibility index (Phi) is 64.7. The number of allylic oxidation sites excluding steroid dienone is 1. The number of hydrogen-bond acceptors (Lipinski definition) is 6. The Labute approximate surface area is 531 Å². The van der Waals surface area contributed by atoms with Crippen LogP contribution in [0.2, 0.25) is 0 Å². The van der Waals surface area contributed by atoms with Crippen molar-refractivity contribution in [3.63, 3.8) is 0 Å². The van der Waals surface area contributed by atoms with Crippen molar-refractivity contribution >= 4 is 19.7 Å². The number of likely N-dealkylation sites (N-methyl/N-ethyl adjacent to an activating group) is 1. The Bertz CT molecular complexity index is 1450. The number of amides is 1. The molecule has 0 saturated heterocycles. The first-order valence-electron chi connectivity index (χ1n) is 38.0. The van der Waals surface area contributed by atoms with Crippen molar-refractivity contribution in [2.75, 3.05) is 40.9 Å². The maximum atomic E-state index is 13.6. The van der Waals surface area contributed by atoms with E-state index in [9.17, 15) is 19.0 Å². The van der Waals surface area contributed by atoms with E-state index in [0.29, 0.717) is 23.9 Å². The normalized spacial score (nSPS) is 13.4. The summed E-state index contributed by atoms with van der Waals surface area (Å²) in [5, 5.41) is 3.09. The molecule has 0 saturated carbocycles. The molecule has 0 heterocycles. The molecular formula is C75H150N2O7P+. The van der Waals surface area contributed by atoms with Gasteiger partial charge in [-0.05, 0) is 31.8 Å². The van der Waals surface area contributed by atoms with Crippen molar-refractivity contribution in [1.82, 2.24) is 5.32 Å². The summed E-state index contributed by atoms with van der Waals surface area (Å²) >= 11 is 0. The van der Waals surface area contributed by atoms with Crippen molar-refractivity contribution in [2.24, 2.45) is 0 Å². The van der Waals surface area contributed by atoms with Crippen LogP contribution in [0, 0.1) is 0 Å². The molecule has 0 aromatic carbocycles. The van der Waals surface area contributed by atoms with Gasteiger partial charge in [0, 0.05) is 12.8 Å². The molecule has 506 valence electrons. The molecule has 0 aliphatic carbocycles. The van der Waals surface area contributed by atoms with Crippen LogP contribution in [0.4, 0.5) is 0 Å². The van der Waals surface area contributed by atoms with Crippen molar-refractivity contribution in [3.8, 4) is 0 Å². The minimum absolute atomic E-state index is 0.0463. The van der Waals surface area contributed by atoms with Crippen LogP contribution in [0.5, 0.6) is 0 Å². The number of ether oxygens (including phenoxy) is 1. The van der Waals surface area contributed by atoms with E-state index in [1.807, 2.05) is 27.2 Å². The number of phosphoric acid groups is 1. The molecule has 0 fully saturated rings. The Morgan fingerprint density at radius 2 is 0.671 bits per heavy atom. The number of nitrogens with zero attached hydrogens (tertiary/aromatic N) is 1. The molecular weight excluding hydrogens is 1070 g/mol. The third-order valence-electron chi connectivity index (χ3n) is 17.7. The first-order valence-corrected chi connectivity index (χ1v) is 39.5. The fraction of sp³-hybridized carbons (Fsp3) is 0.947. The summed E-state index contributed by atoms with van der Waals surface area (Å²) in [6, 6.07) is -0.841. The zero-order valence-electron chi connectivity index (χ0n) is 58.1. The zero-order chi connectivity index (χ0) is 62.1. The molecule has 0 aliphatic rings. The monoisotopic (exact) mass is 1220 g/mol. The van der Waals surface area contributed by atoms with E-state index in [4.69, 9.17) is 13.8 Å². The first-order chi connectivity index (χ1) is 41.4. The SMILES string of the molecule is CCCCCCCCCCCCC/C=C/C(OC(=O)CCCCCCCCCCCCCCCCCCCCCCCCC)C(COP(=O)(O)OCC[N+](C)(C)C)NC(=O)CCCCCCCCCCCCCCCCCCCCCCCCC. The largest absolute Gasteiger partial charge is 0.472 e. The van der Waals surface area contributed by atoms with Gasteiger partial charge in [-0.25, -0.2) is 4.57 Å². The number of esters is 1. The predicted molar refractivity (Wildman–Crippen MR) is 370 cm³/mol. The second kappa shape index (κ2) is 65.7. The van der Waals surface area contributed by atoms with E-state index in [1.165, 1.54) is 315 Å². The molecule has 0 aromatic rings. The van der Waals surface area contributed by atoms with Gasteiger partial charge in [0.05, 0.1) is 33.8 Å². The van der Waals surface area contributed by atoms with Gasteiger partial charge in [0.1, 0.15) is 19.3 Å². The van der Waals surface area contributed by atoms with Crippen molar-refractivity contribution < 1.29 is 37.3 Å². The van der Waals surface area contributed by atoms with Crippen LogP contribution in [0.1, 0.15) is 406 Å². The number of rotatable bonds is 71. The maximum Gasteiger partial charge on any atom is 0.472 e. The Hall–Kier alpha value is -1.25. The maximum absolute atomic E-state index is 13.6. The Morgan fingerprint density at radius 1 is 0.400 bits per heavy atom. The molecule has 85 heavy (non-hydrogen) atoms. The summed E-state index contributed by atoms with van der Waals surface area (Å²) in [6.07, 6.45) is 79.5. The van der Waals surface area contributed by atoms with E-state index >= 15 is 0 Å². The number of hydrogen-bond donors (Lipinski definition) is 2. The van der Waals surface area contributed by atoms with Crippen LogP contribution < -0.4 is 5.32 Å². The lowest BCUT2D eigenvalue weighted by atomic mass is 10.0. The van der Waals surface area contributed by atoms with Crippen molar-refractivity contribution in [2.45, 2.75) is 418 Å². The van der Waals surface area contributed by atoms with Gasteiger partial charge in [-0.1, -0.05) is 374 Å². The van der Waals surface area contributed by atoms with E-state index in [0.717, 1.165) is 57.8 Å². The lowest BCUT2D eigenvalue weighted by Crippen LogP contribution is -2.47. The summed E-state index contributed by atoms with van der Waals surface area (Å²) in [5.74, 6) is -0.473. The van der Waals surface area contributed by atoms with Gasteiger partial charge in [0.2, 0.25) is 5.91 Å². The first kappa shape index (κ1) is 83.8. The van der Waals surface area contributed by atoms with Gasteiger partial charge in [0.15, 0.2) is 0 Å². The summed E-state index contributed by atoms with van der Waals surface area (Å²) in [5.41, 5.74) is 0. The molecule has 1 amide bonds. The molecule has 0 spiro atoms. The minimum Gasteiger partial charge on any atom is -0.456 e. The number of carbonyl (C=O) groups excluding carboxylic acids is 2. The van der Waals surface area contributed by atoms with Crippen LogP contribution in [-0.4, -0.2) is 74.3 Å². The predicted octanol–water partition coefficient (Wildman–Crippen LogP) is 24.2. The van der Waals surface area contributed by atoms with Gasteiger partial charge in [-0.15, -0.1) is 0 Å². The second-order valence-electron chi connectivity index (χ2n) is 27.5. The van der Waals surface area contributed by atoms with Crippen LogP contribution in [0.15, 0.2) is 12.2 Å². The number of carbonyl (C=O) groups is 2. The average molecular weight is 1220 g/mol. The fourth-order valence-electron chi connectivity index (χ4n) is 11.9. The molecule has 0 aliphatic heterocycles. The fourth-order valence-corrected chi connectivity index (χ4v) is 12.6. The number of unbranched alkanes of at least 4 members (excludes halogenated alkanes) is 55. The molecule has 3 unspecified atom stereocenters. The lowest BCUT2D eigenvalue weighted by Gasteiger charge is -2.27. The molecule has 10 heteroatoms. The van der Waals surface area contributed by atoms with Crippen LogP contribution >= 0.6 is 7.82 Å². The quantitative estimate of drug-likeness (QED) is 0.0205. The number of nitrogens with one attached hydrogen (secondary N) is 1. The molecule has 3 atom stereocenters. The third kappa shape index (κ3) is 67.0. The molecule has 0 bridgehead atoms. The molecule has 9 nitrogen and oxygen atoms in total. The smallest absolute Gasteiger partial charge is 0.456 e. The number of quaternary nitrogens is 1. The van der Waals surface area contributed by atoms with E-state index in [-0.39, 0.29) is 25.1 Å². The highest BCUT2D eigenvalue weighted by Crippen LogP contribution is 2.43. The average Bonchev–Trinajstić information content (AvgIpc) is 3.50. The minimum atomic E-state index is -4.45. The van der Waals surface area contributed by atoms with Gasteiger partial charge < -0.3 is 19.4 Å². The summed E-state index contributed by atoms with van der Waals surface area (Å²) < 4.78 is 30.9. The molecule has 0 radical (unpaired) electrons. The van der Waals surface area contributed by atoms with Crippen LogP contribution in [0.25, 0.3) is 0 Å². The van der Waals surface area contributed by atoms with Crippen LogP contribution in [0.3, 0.4) is 0 Å². The summed E-state index contributed by atoms with van der Waals surface area (Å²) in [6.45, 7) is 7.11.